The summed E-state index contributed by atoms with van der Waals surface area (Å²) in [5.74, 6) is -2.11. The maximum Gasteiger partial charge on any atom is 0.337 e. The molecule has 16 heteroatoms. The number of carbonyl (C=O) groups is 3. The number of nitrogens with two attached hydrogens (primary N) is 1. The smallest absolute Gasteiger partial charge is 0.337 e. The Hall–Kier alpha value is -5.71. The van der Waals surface area contributed by atoms with Crippen molar-refractivity contribution in [1.82, 2.24) is 25.1 Å². The fourth-order valence-corrected chi connectivity index (χ4v) is 6.83. The molecule has 0 bridgehead atoms. The molecule has 13 nitrogen and oxygen atoms in total. The van der Waals surface area contributed by atoms with E-state index in [4.69, 9.17) is 10.8 Å². The molecule has 54 heavy (non-hydrogen) atoms. The quantitative estimate of drug-likeness (QED) is 0.0874. The molecule has 7 N–H and O–H groups in total. The van der Waals surface area contributed by atoms with Crippen LogP contribution in [0.1, 0.15) is 37.8 Å². The topological polar surface area (TPSA) is 190 Å². The zero-order chi connectivity index (χ0) is 39.2. The Bertz CT molecular complexity index is 2170. The van der Waals surface area contributed by atoms with Gasteiger partial charge in [-0.25, -0.2) is 22.9 Å². The molecule has 286 valence electrons. The number of primary amides is 1. The number of aromatic nitrogens is 2. The first-order chi connectivity index (χ1) is 26.0. The first-order valence-corrected chi connectivity index (χ1v) is 18.1. The number of rotatable bonds is 15. The molecule has 3 aromatic carbocycles. The molecule has 2 aromatic heterocycles. The highest BCUT2D eigenvalue weighted by molar-refractivity contribution is 7.22. The summed E-state index contributed by atoms with van der Waals surface area (Å²) in [6.45, 7) is 4.66. The van der Waals surface area contributed by atoms with Gasteiger partial charge in [-0.05, 0) is 73.8 Å². The summed E-state index contributed by atoms with van der Waals surface area (Å²) < 4.78 is 32.1. The maximum absolute atomic E-state index is 14.9. The Kier molecular flexibility index (Phi) is 15.2. The Morgan fingerprint density at radius 2 is 1.56 bits per heavy atom. The van der Waals surface area contributed by atoms with Crippen molar-refractivity contribution < 1.29 is 28.3 Å². The minimum atomic E-state index is -0.807. The van der Waals surface area contributed by atoms with E-state index in [9.17, 15) is 32.8 Å². The third kappa shape index (κ3) is 10.7. The predicted octanol–water partition coefficient (Wildman–Crippen LogP) is 3.86. The van der Waals surface area contributed by atoms with E-state index < -0.39 is 29.4 Å². The second-order valence-corrected chi connectivity index (χ2v) is 13.0. The number of benzene rings is 3. The van der Waals surface area contributed by atoms with Crippen LogP contribution >= 0.6 is 11.3 Å². The lowest BCUT2D eigenvalue weighted by Gasteiger charge is -2.14. The highest BCUT2D eigenvalue weighted by Crippen LogP contribution is 2.38. The van der Waals surface area contributed by atoms with Crippen molar-refractivity contribution in [2.75, 3.05) is 38.1 Å². The molecule has 5 aromatic rings. The van der Waals surface area contributed by atoms with E-state index >= 15 is 0 Å². The third-order valence-corrected chi connectivity index (χ3v) is 9.32. The number of aliphatic hydroxyl groups excluding tert-OH is 1. The van der Waals surface area contributed by atoms with Crippen LogP contribution in [0.25, 0.3) is 26.3 Å². The van der Waals surface area contributed by atoms with Gasteiger partial charge in [-0.15, -0.1) is 11.3 Å². The molecule has 0 radical (unpaired) electrons. The second kappa shape index (κ2) is 19.9. The van der Waals surface area contributed by atoms with E-state index in [-0.39, 0.29) is 46.7 Å². The lowest BCUT2D eigenvalue weighted by Crippen LogP contribution is -2.39. The highest BCUT2D eigenvalue weighted by atomic mass is 32.1. The third-order valence-electron chi connectivity index (χ3n) is 8.02. The minimum Gasteiger partial charge on any atom is -0.396 e. The number of urea groups is 1. The number of nitrogens with one attached hydrogen (secondary N) is 4. The van der Waals surface area contributed by atoms with Crippen LogP contribution in [0, 0.1) is 11.6 Å². The maximum atomic E-state index is 14.9. The van der Waals surface area contributed by atoms with E-state index in [0.29, 0.717) is 60.8 Å². The molecular formula is C38H43F2N7O6S. The summed E-state index contributed by atoms with van der Waals surface area (Å²) in [5.41, 5.74) is 5.40. The minimum absolute atomic E-state index is 0.0446. The van der Waals surface area contributed by atoms with Gasteiger partial charge in [0.05, 0.1) is 17.6 Å². The van der Waals surface area contributed by atoms with E-state index in [2.05, 4.69) is 21.3 Å². The summed E-state index contributed by atoms with van der Waals surface area (Å²) in [4.78, 5) is 62.5. The van der Waals surface area contributed by atoms with Crippen LogP contribution < -0.4 is 38.2 Å². The van der Waals surface area contributed by atoms with Crippen molar-refractivity contribution in [2.45, 2.75) is 39.7 Å². The second-order valence-electron chi connectivity index (χ2n) is 12.0. The van der Waals surface area contributed by atoms with Gasteiger partial charge in [0.1, 0.15) is 16.5 Å². The van der Waals surface area contributed by atoms with Crippen molar-refractivity contribution in [1.29, 1.82) is 0 Å². The Morgan fingerprint density at radius 3 is 2.15 bits per heavy atom. The Balaban J connectivity index is 0.000000845. The predicted molar refractivity (Wildman–Crippen MR) is 206 cm³/mol. The van der Waals surface area contributed by atoms with Gasteiger partial charge in [0, 0.05) is 55.7 Å². The molecule has 0 aliphatic heterocycles. The van der Waals surface area contributed by atoms with Crippen LogP contribution in [0.2, 0.25) is 0 Å². The zero-order valence-electron chi connectivity index (χ0n) is 29.9. The number of halogens is 2. The van der Waals surface area contributed by atoms with Gasteiger partial charge in [0.15, 0.2) is 0 Å². The highest BCUT2D eigenvalue weighted by Gasteiger charge is 2.25. The largest absolute Gasteiger partial charge is 0.396 e. The van der Waals surface area contributed by atoms with E-state index in [1.165, 1.54) is 28.9 Å². The van der Waals surface area contributed by atoms with Crippen molar-refractivity contribution >= 4 is 45.1 Å². The number of para-hydroxylation sites is 1. The van der Waals surface area contributed by atoms with Gasteiger partial charge < -0.3 is 32.1 Å². The van der Waals surface area contributed by atoms with Crippen LogP contribution in [0.3, 0.4) is 0 Å². The molecular weight excluding hydrogens is 721 g/mol. The van der Waals surface area contributed by atoms with Gasteiger partial charge in [0.2, 0.25) is 11.8 Å². The van der Waals surface area contributed by atoms with Gasteiger partial charge >= 0.3 is 11.7 Å². The zero-order valence-corrected chi connectivity index (χ0v) is 30.7. The van der Waals surface area contributed by atoms with Crippen molar-refractivity contribution in [3.05, 3.63) is 116 Å². The molecule has 5 rings (SSSR count). The number of aliphatic hydroxyl groups is 1. The Labute approximate surface area is 313 Å². The lowest BCUT2D eigenvalue weighted by molar-refractivity contribution is -0.119. The molecule has 0 spiro atoms. The molecule has 0 unspecified atom stereocenters. The van der Waals surface area contributed by atoms with Crippen molar-refractivity contribution in [3.8, 4) is 16.1 Å². The van der Waals surface area contributed by atoms with Gasteiger partial charge in [0.25, 0.3) is 5.56 Å². The van der Waals surface area contributed by atoms with Crippen LogP contribution in [0.4, 0.5) is 19.3 Å². The van der Waals surface area contributed by atoms with Gasteiger partial charge in [-0.3, -0.25) is 19.0 Å². The van der Waals surface area contributed by atoms with E-state index in [1.807, 2.05) is 6.92 Å². The van der Waals surface area contributed by atoms with Gasteiger partial charge in [-0.2, -0.15) is 0 Å². The average Bonchev–Trinajstić information content (AvgIpc) is 3.52. The van der Waals surface area contributed by atoms with Gasteiger partial charge in [-0.1, -0.05) is 36.4 Å². The lowest BCUT2D eigenvalue weighted by atomic mass is 10.0. The van der Waals surface area contributed by atoms with Crippen molar-refractivity contribution in [3.63, 3.8) is 0 Å². The molecule has 0 aliphatic rings. The molecule has 4 amide bonds. The summed E-state index contributed by atoms with van der Waals surface area (Å²) >= 11 is 1.19. The molecule has 2 heterocycles. The summed E-state index contributed by atoms with van der Waals surface area (Å²) in [7, 11) is 0. The number of amides is 4. The number of nitrogens with zero attached hydrogens (tertiary/aromatic N) is 2. The summed E-state index contributed by atoms with van der Waals surface area (Å²) in [6.07, 6.45) is 1.14. The van der Waals surface area contributed by atoms with E-state index in [0.717, 1.165) is 22.3 Å². The number of anilines is 1. The van der Waals surface area contributed by atoms with Crippen LogP contribution in [0.5, 0.6) is 0 Å². The Morgan fingerprint density at radius 1 is 0.870 bits per heavy atom. The number of hydrogen-bond donors (Lipinski definition) is 6. The fourth-order valence-electron chi connectivity index (χ4n) is 5.49. The monoisotopic (exact) mass is 763 g/mol. The first-order valence-electron chi connectivity index (χ1n) is 17.3. The fraction of sp³-hybridized carbons (Fsp3) is 0.289. The SMILES string of the molecule is CCNC(=O)Nc1ccc(-c2sc3c(c2CCNCCNC(C)=O)c(=O)n(-c2ccccc2)c(=O)n3Cc2c(F)cccc2F)cc1.NC(=O)CCCO. The summed E-state index contributed by atoms with van der Waals surface area (Å²) in [5, 5.41) is 19.8. The summed E-state index contributed by atoms with van der Waals surface area (Å²) in [6, 6.07) is 18.6. The normalized spacial score (nSPS) is 10.8. The van der Waals surface area contributed by atoms with Crippen LogP contribution in [-0.4, -0.2) is 64.9 Å². The number of carbonyl (C=O) groups excluding carboxylic acids is 3. The molecule has 0 saturated carbocycles. The standard InChI is InChI=1S/C34H34F2N6O4S.C4H9NO2/c1-3-38-33(45)40-23-14-12-22(13-15-23)30-25(16-17-37-18-19-39-21(2)43)29-31(44)42(24-8-5-4-6-9-24)34(46)41(32(29)47-30)20-26-27(35)10-7-11-28(26)36;5-4(7)2-1-3-6/h4-15,37H,3,16-20H2,1-2H3,(H,39,43)(H2,38,40,45);6H,1-3H2,(H2,5,7). The molecule has 0 aliphatic carbocycles. The van der Waals surface area contributed by atoms with Crippen LogP contribution in [0.15, 0.2) is 82.4 Å². The molecule has 0 atom stereocenters. The molecule has 0 fully saturated rings. The first kappa shape index (κ1) is 41.1. The van der Waals surface area contributed by atoms with Crippen molar-refractivity contribution in [2.24, 2.45) is 5.73 Å². The number of hydrogen-bond acceptors (Lipinski definition) is 8. The number of thiophene rings is 1. The molecule has 0 saturated heterocycles. The average molecular weight is 764 g/mol. The number of fused-ring (bicyclic) bond motifs is 1. The van der Waals surface area contributed by atoms with Crippen LogP contribution in [-0.2, 0) is 22.6 Å². The van der Waals surface area contributed by atoms with E-state index in [1.54, 1.807) is 54.6 Å².